The van der Waals surface area contributed by atoms with Crippen molar-refractivity contribution in [3.05, 3.63) is 22.7 Å². The van der Waals surface area contributed by atoms with Crippen LogP contribution in [0.15, 0.2) is 12.1 Å². The summed E-state index contributed by atoms with van der Waals surface area (Å²) in [5.74, 6) is 0.829. The van der Waals surface area contributed by atoms with Crippen LogP contribution in [0.2, 0.25) is 5.02 Å². The Labute approximate surface area is 116 Å². The van der Waals surface area contributed by atoms with E-state index in [1.807, 2.05) is 7.05 Å². The van der Waals surface area contributed by atoms with Gasteiger partial charge in [-0.15, -0.1) is 12.4 Å². The van der Waals surface area contributed by atoms with Gasteiger partial charge in [0.1, 0.15) is 0 Å². The number of ether oxygens (including phenoxy) is 2. The molecule has 1 aliphatic heterocycles. The molecule has 7 heteroatoms. The summed E-state index contributed by atoms with van der Waals surface area (Å²) in [4.78, 5) is 11.8. The molecule has 0 radical (unpaired) electrons. The molecule has 5 nitrogen and oxygen atoms in total. The third kappa shape index (κ3) is 3.19. The fraction of sp³-hybridized carbons (Fsp3) is 0.364. The predicted octanol–water partition coefficient (Wildman–Crippen LogP) is 1.44. The van der Waals surface area contributed by atoms with E-state index in [0.717, 1.165) is 0 Å². The zero-order valence-corrected chi connectivity index (χ0v) is 11.4. The molecule has 0 atom stereocenters. The summed E-state index contributed by atoms with van der Waals surface area (Å²) in [5, 5.41) is 6.09. The zero-order chi connectivity index (χ0) is 12.3. The fourth-order valence-electron chi connectivity index (χ4n) is 1.50. The maximum Gasteiger partial charge on any atom is 0.251 e. The lowest BCUT2D eigenvalue weighted by molar-refractivity contribution is 0.0953. The first kappa shape index (κ1) is 14.9. The average Bonchev–Trinajstić information content (AvgIpc) is 2.77. The van der Waals surface area contributed by atoms with Crippen LogP contribution in [-0.2, 0) is 0 Å². The third-order valence-corrected chi connectivity index (χ3v) is 2.63. The van der Waals surface area contributed by atoms with Crippen molar-refractivity contribution in [1.29, 1.82) is 0 Å². The Bertz CT molecular complexity index is 441. The molecular weight excluding hydrogens is 279 g/mol. The van der Waals surface area contributed by atoms with Gasteiger partial charge in [-0.1, -0.05) is 11.6 Å². The van der Waals surface area contributed by atoms with Gasteiger partial charge in [-0.05, 0) is 19.2 Å². The van der Waals surface area contributed by atoms with Gasteiger partial charge in [-0.3, -0.25) is 4.79 Å². The van der Waals surface area contributed by atoms with Gasteiger partial charge in [0.15, 0.2) is 11.5 Å². The van der Waals surface area contributed by atoms with Crippen molar-refractivity contribution >= 4 is 29.9 Å². The molecule has 0 bridgehead atoms. The summed E-state index contributed by atoms with van der Waals surface area (Å²) >= 11 is 5.98. The van der Waals surface area contributed by atoms with Crippen molar-refractivity contribution < 1.29 is 14.3 Å². The number of hydrogen-bond donors (Lipinski definition) is 2. The van der Waals surface area contributed by atoms with Crippen LogP contribution in [0.5, 0.6) is 11.5 Å². The van der Waals surface area contributed by atoms with Gasteiger partial charge in [0, 0.05) is 18.7 Å². The molecule has 1 amide bonds. The number of carbonyl (C=O) groups excluding carboxylic acids is 1. The molecular formula is C11H14Cl2N2O3. The average molecular weight is 293 g/mol. The first-order chi connectivity index (χ1) is 8.22. The molecule has 100 valence electrons. The van der Waals surface area contributed by atoms with Crippen molar-refractivity contribution in [2.45, 2.75) is 0 Å². The second-order valence-corrected chi connectivity index (χ2v) is 3.96. The molecule has 1 aromatic carbocycles. The lowest BCUT2D eigenvalue weighted by Gasteiger charge is -2.06. The molecule has 0 saturated heterocycles. The van der Waals surface area contributed by atoms with E-state index < -0.39 is 0 Å². The Balaban J connectivity index is 0.00000162. The molecule has 2 rings (SSSR count). The minimum Gasteiger partial charge on any atom is -0.454 e. The minimum atomic E-state index is -0.180. The molecule has 0 unspecified atom stereocenters. The van der Waals surface area contributed by atoms with Crippen molar-refractivity contribution in [3.8, 4) is 11.5 Å². The number of likely N-dealkylation sites (N-methyl/N-ethyl adjacent to an activating group) is 1. The van der Waals surface area contributed by atoms with Gasteiger partial charge in [0.25, 0.3) is 5.91 Å². The molecule has 1 aliphatic rings. The largest absolute Gasteiger partial charge is 0.454 e. The van der Waals surface area contributed by atoms with Crippen LogP contribution >= 0.6 is 24.0 Å². The number of hydrogen-bond acceptors (Lipinski definition) is 4. The quantitative estimate of drug-likeness (QED) is 0.825. The van der Waals surface area contributed by atoms with Gasteiger partial charge < -0.3 is 20.1 Å². The van der Waals surface area contributed by atoms with E-state index in [9.17, 15) is 4.79 Å². The van der Waals surface area contributed by atoms with Gasteiger partial charge in [0.05, 0.1) is 5.02 Å². The Morgan fingerprint density at radius 2 is 2.17 bits per heavy atom. The maximum absolute atomic E-state index is 11.8. The molecule has 0 aliphatic carbocycles. The monoisotopic (exact) mass is 292 g/mol. The number of nitrogens with one attached hydrogen (secondary N) is 2. The van der Waals surface area contributed by atoms with E-state index in [4.69, 9.17) is 21.1 Å². The molecule has 2 N–H and O–H groups in total. The summed E-state index contributed by atoms with van der Waals surface area (Å²) in [5.41, 5.74) is 0.468. The summed E-state index contributed by atoms with van der Waals surface area (Å²) in [7, 11) is 1.82. The highest BCUT2D eigenvalue weighted by Gasteiger charge is 2.20. The number of rotatable bonds is 4. The minimum absolute atomic E-state index is 0. The van der Waals surface area contributed by atoms with Crippen molar-refractivity contribution in [2.75, 3.05) is 26.9 Å². The number of amides is 1. The van der Waals surface area contributed by atoms with E-state index in [1.165, 1.54) is 0 Å². The van der Waals surface area contributed by atoms with Crippen molar-refractivity contribution in [1.82, 2.24) is 10.6 Å². The highest BCUT2D eigenvalue weighted by atomic mass is 35.5. The number of halogens is 2. The standard InChI is InChI=1S/C11H13ClN2O3.ClH/c1-13-2-3-14-11(15)7-4-8(12)10-9(5-7)16-6-17-10;/h4-5,13H,2-3,6H2,1H3,(H,14,15);1H. The highest BCUT2D eigenvalue weighted by Crippen LogP contribution is 2.39. The molecule has 0 saturated carbocycles. The number of fused-ring (bicyclic) bond motifs is 1. The Morgan fingerprint density at radius 1 is 1.39 bits per heavy atom. The Kier molecular flexibility index (Phi) is 5.53. The summed E-state index contributed by atoms with van der Waals surface area (Å²) in [6, 6.07) is 3.20. The third-order valence-electron chi connectivity index (χ3n) is 2.35. The Hall–Kier alpha value is -1.17. The summed E-state index contributed by atoms with van der Waals surface area (Å²) in [6.07, 6.45) is 0. The van der Waals surface area contributed by atoms with Crippen LogP contribution in [0.4, 0.5) is 0 Å². The maximum atomic E-state index is 11.8. The Morgan fingerprint density at radius 3 is 2.89 bits per heavy atom. The van der Waals surface area contributed by atoms with Crippen LogP contribution in [-0.4, -0.2) is 32.8 Å². The second-order valence-electron chi connectivity index (χ2n) is 3.55. The lowest BCUT2D eigenvalue weighted by Crippen LogP contribution is -2.30. The molecule has 0 aromatic heterocycles. The summed E-state index contributed by atoms with van der Waals surface area (Å²) < 4.78 is 10.4. The molecule has 0 fully saturated rings. The van der Waals surface area contributed by atoms with E-state index in [-0.39, 0.29) is 25.1 Å². The SMILES string of the molecule is CNCCNC(=O)c1cc(Cl)c2c(c1)OCO2.Cl. The topological polar surface area (TPSA) is 59.6 Å². The van der Waals surface area contributed by atoms with Crippen LogP contribution < -0.4 is 20.1 Å². The van der Waals surface area contributed by atoms with E-state index in [2.05, 4.69) is 10.6 Å². The normalized spacial score (nSPS) is 11.9. The van der Waals surface area contributed by atoms with Gasteiger partial charge in [-0.25, -0.2) is 0 Å². The molecule has 18 heavy (non-hydrogen) atoms. The van der Waals surface area contributed by atoms with E-state index in [1.54, 1.807) is 12.1 Å². The predicted molar refractivity (Wildman–Crippen MR) is 71.1 cm³/mol. The zero-order valence-electron chi connectivity index (χ0n) is 9.79. The van der Waals surface area contributed by atoms with Crippen molar-refractivity contribution in [3.63, 3.8) is 0 Å². The van der Waals surface area contributed by atoms with Crippen LogP contribution in [0.3, 0.4) is 0 Å². The van der Waals surface area contributed by atoms with E-state index >= 15 is 0 Å². The van der Waals surface area contributed by atoms with Gasteiger partial charge in [0.2, 0.25) is 6.79 Å². The smallest absolute Gasteiger partial charge is 0.251 e. The first-order valence-corrected chi connectivity index (χ1v) is 5.62. The molecule has 1 aromatic rings. The number of carbonyl (C=O) groups is 1. The second kappa shape index (κ2) is 6.68. The molecule has 0 spiro atoms. The first-order valence-electron chi connectivity index (χ1n) is 5.24. The fourth-order valence-corrected chi connectivity index (χ4v) is 1.77. The van der Waals surface area contributed by atoms with Crippen LogP contribution in [0.25, 0.3) is 0 Å². The van der Waals surface area contributed by atoms with Gasteiger partial charge in [-0.2, -0.15) is 0 Å². The van der Waals surface area contributed by atoms with Crippen LogP contribution in [0, 0.1) is 0 Å². The highest BCUT2D eigenvalue weighted by molar-refractivity contribution is 6.32. The molecule has 1 heterocycles. The van der Waals surface area contributed by atoms with Gasteiger partial charge >= 0.3 is 0 Å². The van der Waals surface area contributed by atoms with Crippen LogP contribution in [0.1, 0.15) is 10.4 Å². The number of benzene rings is 1. The van der Waals surface area contributed by atoms with E-state index in [0.29, 0.717) is 35.2 Å². The summed E-state index contributed by atoms with van der Waals surface area (Å²) in [6.45, 7) is 1.41. The van der Waals surface area contributed by atoms with Crippen molar-refractivity contribution in [2.24, 2.45) is 0 Å². The lowest BCUT2D eigenvalue weighted by atomic mass is 10.2.